The Hall–Kier alpha value is -0.0800. The fourth-order valence-corrected chi connectivity index (χ4v) is 3.85. The van der Waals surface area contributed by atoms with Gasteiger partial charge in [0.25, 0.3) is 0 Å². The molecule has 0 aliphatic carbocycles. The van der Waals surface area contributed by atoms with Crippen LogP contribution >= 0.6 is 11.6 Å². The third-order valence-electron chi connectivity index (χ3n) is 5.90. The van der Waals surface area contributed by atoms with E-state index in [9.17, 15) is 9.90 Å². The van der Waals surface area contributed by atoms with Gasteiger partial charge in [-0.15, -0.1) is 0 Å². The lowest BCUT2D eigenvalue weighted by Gasteiger charge is -2.16. The largest absolute Gasteiger partial charge is 0.369 e. The Morgan fingerprint density at radius 2 is 0.893 bits per heavy atom. The van der Waals surface area contributed by atoms with Gasteiger partial charge in [-0.3, -0.25) is 4.79 Å². The van der Waals surface area contributed by atoms with E-state index in [1.807, 2.05) is 0 Å². The third-order valence-corrected chi connectivity index (χ3v) is 6.38. The summed E-state index contributed by atoms with van der Waals surface area (Å²) in [6.45, 7) is 4.02. The number of alkyl halides is 1. The van der Waals surface area contributed by atoms with Crippen molar-refractivity contribution in [3.63, 3.8) is 0 Å². The van der Waals surface area contributed by atoms with Gasteiger partial charge in [-0.25, -0.2) is 0 Å². The summed E-state index contributed by atoms with van der Waals surface area (Å²) in [5.41, 5.74) is 0. The van der Waals surface area contributed by atoms with Gasteiger partial charge in [0.1, 0.15) is 0 Å². The minimum atomic E-state index is -1.63. The third kappa shape index (κ3) is 18.0. The first-order valence-electron chi connectivity index (χ1n) is 12.5. The Morgan fingerprint density at radius 1 is 0.607 bits per heavy atom. The van der Waals surface area contributed by atoms with E-state index in [1.165, 1.54) is 109 Å². The molecule has 1 N–H and O–H groups in total. The number of Topliss-reactive ketones (excluding diaryl/α,β-unsaturated/α-hetero) is 1. The molecule has 0 aromatic carbocycles. The molecular formula is C25H49ClO2. The molecule has 168 valence electrons. The van der Waals surface area contributed by atoms with E-state index in [0.29, 0.717) is 6.42 Å². The van der Waals surface area contributed by atoms with Crippen LogP contribution in [-0.4, -0.2) is 16.0 Å². The lowest BCUT2D eigenvalue weighted by molar-refractivity contribution is -0.130. The molecule has 1 unspecified atom stereocenters. The summed E-state index contributed by atoms with van der Waals surface area (Å²) in [6, 6.07) is 0. The number of unbranched alkanes of at least 4 members (excludes halogenated alkanes) is 18. The van der Waals surface area contributed by atoms with Crippen LogP contribution in [0.3, 0.4) is 0 Å². The van der Waals surface area contributed by atoms with Crippen molar-refractivity contribution < 1.29 is 9.90 Å². The molecule has 0 saturated carbocycles. The number of halogens is 1. The van der Waals surface area contributed by atoms with Gasteiger partial charge < -0.3 is 5.11 Å². The first kappa shape index (κ1) is 27.9. The predicted molar refractivity (Wildman–Crippen MR) is 124 cm³/mol. The first-order valence-corrected chi connectivity index (χ1v) is 12.9. The molecule has 0 bridgehead atoms. The fourth-order valence-electron chi connectivity index (χ4n) is 3.75. The molecule has 0 aliphatic heterocycles. The highest BCUT2D eigenvalue weighted by Gasteiger charge is 2.29. The van der Waals surface area contributed by atoms with Crippen LogP contribution in [0.4, 0.5) is 0 Å². The lowest BCUT2D eigenvalue weighted by Crippen LogP contribution is -2.31. The molecule has 0 heterocycles. The zero-order valence-corrected chi connectivity index (χ0v) is 19.8. The number of ketones is 1. The molecule has 3 heteroatoms. The zero-order valence-electron chi connectivity index (χ0n) is 19.1. The molecule has 0 rings (SSSR count). The molecule has 0 saturated heterocycles. The molecule has 0 amide bonds. The molecule has 2 nitrogen and oxygen atoms in total. The Kier molecular flexibility index (Phi) is 20.1. The summed E-state index contributed by atoms with van der Waals surface area (Å²) < 4.78 is 0. The van der Waals surface area contributed by atoms with Crippen LogP contribution in [0.25, 0.3) is 0 Å². The minimum absolute atomic E-state index is 0.219. The van der Waals surface area contributed by atoms with Crippen LogP contribution in [0.5, 0.6) is 0 Å². The fraction of sp³-hybridized carbons (Fsp3) is 0.960. The SMILES string of the molecule is CCCCCCCCCCCCCCCCCCCCCC(=O)C(O)(Cl)CC. The Bertz CT molecular complexity index is 341. The average molecular weight is 417 g/mol. The van der Waals surface area contributed by atoms with Gasteiger partial charge in [0.2, 0.25) is 0 Å². The summed E-state index contributed by atoms with van der Waals surface area (Å²) in [5, 5.41) is 8.03. The molecule has 0 radical (unpaired) electrons. The van der Waals surface area contributed by atoms with E-state index in [4.69, 9.17) is 11.6 Å². The van der Waals surface area contributed by atoms with Crippen LogP contribution in [0, 0.1) is 0 Å². The van der Waals surface area contributed by atoms with Crippen LogP contribution in [0.1, 0.15) is 149 Å². The van der Waals surface area contributed by atoms with Crippen molar-refractivity contribution in [3.05, 3.63) is 0 Å². The second-order valence-electron chi connectivity index (χ2n) is 8.65. The van der Waals surface area contributed by atoms with Crippen molar-refractivity contribution in [2.45, 2.75) is 154 Å². The topological polar surface area (TPSA) is 37.3 Å². The maximum atomic E-state index is 11.7. The molecule has 0 fully saturated rings. The molecule has 0 spiro atoms. The minimum Gasteiger partial charge on any atom is -0.369 e. The van der Waals surface area contributed by atoms with Gasteiger partial charge in [0.15, 0.2) is 10.8 Å². The number of carbonyl (C=O) groups is 1. The normalized spacial score (nSPS) is 13.6. The highest BCUT2D eigenvalue weighted by Crippen LogP contribution is 2.20. The lowest BCUT2D eigenvalue weighted by atomic mass is 10.0. The van der Waals surface area contributed by atoms with Crippen molar-refractivity contribution in [1.29, 1.82) is 0 Å². The number of aliphatic hydroxyl groups is 1. The van der Waals surface area contributed by atoms with E-state index in [-0.39, 0.29) is 12.2 Å². The predicted octanol–water partition coefficient (Wildman–Crippen LogP) is 8.71. The Balaban J connectivity index is 3.15. The van der Waals surface area contributed by atoms with Crippen LogP contribution in [0.15, 0.2) is 0 Å². The average Bonchev–Trinajstić information content (AvgIpc) is 2.69. The number of hydrogen-bond acceptors (Lipinski definition) is 2. The molecular weight excluding hydrogens is 368 g/mol. The van der Waals surface area contributed by atoms with Crippen molar-refractivity contribution in [2.75, 3.05) is 0 Å². The second kappa shape index (κ2) is 20.2. The summed E-state index contributed by atoms with van der Waals surface area (Å²) in [4.78, 5) is 11.7. The summed E-state index contributed by atoms with van der Waals surface area (Å²) in [7, 11) is 0. The highest BCUT2D eigenvalue weighted by molar-refractivity contribution is 6.33. The van der Waals surface area contributed by atoms with Gasteiger partial charge >= 0.3 is 0 Å². The Morgan fingerprint density at radius 3 is 1.18 bits per heavy atom. The zero-order chi connectivity index (χ0) is 20.9. The molecule has 1 atom stereocenters. The van der Waals surface area contributed by atoms with Crippen molar-refractivity contribution in [3.8, 4) is 0 Å². The van der Waals surface area contributed by atoms with E-state index in [1.54, 1.807) is 6.92 Å². The summed E-state index contributed by atoms with van der Waals surface area (Å²) >= 11 is 5.76. The monoisotopic (exact) mass is 416 g/mol. The summed E-state index contributed by atoms with van der Waals surface area (Å²) in [5.74, 6) is -0.219. The van der Waals surface area contributed by atoms with Crippen LogP contribution in [-0.2, 0) is 4.79 Å². The smallest absolute Gasteiger partial charge is 0.197 e. The number of rotatable bonds is 22. The van der Waals surface area contributed by atoms with Gasteiger partial charge in [0, 0.05) is 6.42 Å². The van der Waals surface area contributed by atoms with Gasteiger partial charge in [-0.2, -0.15) is 0 Å². The van der Waals surface area contributed by atoms with E-state index < -0.39 is 5.06 Å². The standard InChI is InChI=1S/C25H49ClO2/c1-3-5-6-7-8-9-10-11-12-13-14-15-16-17-18-19-20-21-22-23-24(27)25(26,28)4-2/h28H,3-23H2,1-2H3. The van der Waals surface area contributed by atoms with Gasteiger partial charge in [-0.1, -0.05) is 141 Å². The maximum absolute atomic E-state index is 11.7. The quantitative estimate of drug-likeness (QED) is 0.141. The van der Waals surface area contributed by atoms with Gasteiger partial charge in [0.05, 0.1) is 0 Å². The van der Waals surface area contributed by atoms with E-state index >= 15 is 0 Å². The van der Waals surface area contributed by atoms with Crippen molar-refractivity contribution in [1.82, 2.24) is 0 Å². The molecule has 0 aromatic heterocycles. The van der Waals surface area contributed by atoms with E-state index in [0.717, 1.165) is 12.8 Å². The van der Waals surface area contributed by atoms with Crippen LogP contribution < -0.4 is 0 Å². The Labute approximate surface area is 181 Å². The van der Waals surface area contributed by atoms with E-state index in [2.05, 4.69) is 6.92 Å². The molecule has 0 aromatic rings. The maximum Gasteiger partial charge on any atom is 0.197 e. The van der Waals surface area contributed by atoms with Gasteiger partial charge in [-0.05, 0) is 12.8 Å². The molecule has 28 heavy (non-hydrogen) atoms. The summed E-state index contributed by atoms with van der Waals surface area (Å²) in [6.07, 6.45) is 26.2. The first-order chi connectivity index (χ1) is 13.5. The molecule has 0 aliphatic rings. The van der Waals surface area contributed by atoms with Crippen molar-refractivity contribution in [2.24, 2.45) is 0 Å². The highest BCUT2D eigenvalue weighted by atomic mass is 35.5. The second-order valence-corrected chi connectivity index (χ2v) is 9.28. The number of hydrogen-bond donors (Lipinski definition) is 1. The van der Waals surface area contributed by atoms with Crippen LogP contribution in [0.2, 0.25) is 0 Å². The number of carbonyl (C=O) groups excluding carboxylic acids is 1. The van der Waals surface area contributed by atoms with Crippen molar-refractivity contribution >= 4 is 17.4 Å².